The van der Waals surface area contributed by atoms with Gasteiger partial charge in [0.25, 0.3) is 0 Å². The van der Waals surface area contributed by atoms with E-state index in [1.54, 1.807) is 6.20 Å². The van der Waals surface area contributed by atoms with Crippen molar-refractivity contribution < 1.29 is 13.2 Å². The molecule has 2 N–H and O–H groups in total. The lowest BCUT2D eigenvalue weighted by Gasteiger charge is -2.28. The third-order valence-corrected chi connectivity index (χ3v) is 5.27. The Hall–Kier alpha value is -2.48. The van der Waals surface area contributed by atoms with E-state index in [2.05, 4.69) is 41.0 Å². The van der Waals surface area contributed by atoms with Gasteiger partial charge in [-0.05, 0) is 42.5 Å². The van der Waals surface area contributed by atoms with E-state index in [0.29, 0.717) is 12.0 Å². The summed E-state index contributed by atoms with van der Waals surface area (Å²) in [4.78, 5) is 11.3. The monoisotopic (exact) mass is 419 g/mol. The van der Waals surface area contributed by atoms with Crippen molar-refractivity contribution in [1.82, 2.24) is 14.9 Å². The fraction of sp³-hybridized carbons (Fsp3) is 0.500. The van der Waals surface area contributed by atoms with Gasteiger partial charge in [-0.1, -0.05) is 27.2 Å². The van der Waals surface area contributed by atoms with E-state index in [1.807, 2.05) is 0 Å². The van der Waals surface area contributed by atoms with Gasteiger partial charge >= 0.3 is 6.18 Å². The molecule has 1 aliphatic rings. The average molecular weight is 419 g/mol. The van der Waals surface area contributed by atoms with Crippen LogP contribution in [0.4, 0.5) is 24.8 Å². The van der Waals surface area contributed by atoms with Crippen LogP contribution in [0.25, 0.3) is 0 Å². The molecule has 1 atom stereocenters. The molecule has 0 aliphatic carbocycles. The van der Waals surface area contributed by atoms with Gasteiger partial charge in [-0.2, -0.15) is 13.2 Å². The number of hydrogen-bond donors (Lipinski definition) is 2. The van der Waals surface area contributed by atoms with Gasteiger partial charge in [-0.15, -0.1) is 0 Å². The average Bonchev–Trinajstić information content (AvgIpc) is 3.09. The fourth-order valence-electron chi connectivity index (χ4n) is 3.92. The molecule has 1 aliphatic heterocycles. The second-order valence-electron chi connectivity index (χ2n) is 8.25. The minimum absolute atomic E-state index is 0.163. The van der Waals surface area contributed by atoms with Crippen molar-refractivity contribution in [3.8, 4) is 0 Å². The summed E-state index contributed by atoms with van der Waals surface area (Å²) < 4.78 is 39.4. The summed E-state index contributed by atoms with van der Waals surface area (Å²) in [6.07, 6.45) is 1.53. The molecular weight excluding hydrogens is 391 g/mol. The Labute approximate surface area is 175 Å². The van der Waals surface area contributed by atoms with Gasteiger partial charge in [-0.3, -0.25) is 4.90 Å². The Morgan fingerprint density at radius 1 is 1.23 bits per heavy atom. The van der Waals surface area contributed by atoms with Gasteiger partial charge in [0.15, 0.2) is 0 Å². The van der Waals surface area contributed by atoms with Crippen LogP contribution in [0.5, 0.6) is 0 Å². The van der Waals surface area contributed by atoms with E-state index in [1.165, 1.54) is 6.07 Å². The second kappa shape index (κ2) is 9.12. The van der Waals surface area contributed by atoms with E-state index in [-0.39, 0.29) is 17.2 Å². The molecule has 0 bridgehead atoms. The molecule has 2 heterocycles. The summed E-state index contributed by atoms with van der Waals surface area (Å²) in [7, 11) is 0. The second-order valence-corrected chi connectivity index (χ2v) is 8.25. The van der Waals surface area contributed by atoms with E-state index in [4.69, 9.17) is 5.41 Å². The molecular formula is C22H28F3N5. The number of anilines is 2. The molecule has 1 aromatic heterocycles. The molecule has 8 heteroatoms. The van der Waals surface area contributed by atoms with Crippen molar-refractivity contribution in [2.24, 2.45) is 5.92 Å². The number of nitrogens with zero attached hydrogens (tertiary/aromatic N) is 3. The van der Waals surface area contributed by atoms with Crippen LogP contribution in [0.15, 0.2) is 24.4 Å². The zero-order chi connectivity index (χ0) is 21.9. The summed E-state index contributed by atoms with van der Waals surface area (Å²) >= 11 is 0. The maximum absolute atomic E-state index is 13.1. The highest BCUT2D eigenvalue weighted by molar-refractivity contribution is 5.80. The topological polar surface area (TPSA) is 64.9 Å². The molecule has 3 rings (SSSR count). The number of benzene rings is 1. The Kier molecular flexibility index (Phi) is 6.75. The van der Waals surface area contributed by atoms with E-state index in [0.717, 1.165) is 62.0 Å². The molecule has 0 radical (unpaired) electrons. The predicted octanol–water partition coefficient (Wildman–Crippen LogP) is 5.77. The van der Waals surface area contributed by atoms with Gasteiger partial charge in [0.05, 0.1) is 11.3 Å². The number of halogens is 3. The molecule has 1 aromatic carbocycles. The molecule has 0 unspecified atom stereocenters. The minimum atomic E-state index is -4.49. The molecule has 0 spiro atoms. The van der Waals surface area contributed by atoms with Gasteiger partial charge in [0.2, 0.25) is 5.95 Å². The Bertz CT molecular complexity index is 895. The molecule has 0 saturated heterocycles. The zero-order valence-electron chi connectivity index (χ0n) is 17.6. The van der Waals surface area contributed by atoms with Crippen LogP contribution in [0.2, 0.25) is 0 Å². The third-order valence-electron chi connectivity index (χ3n) is 5.27. The van der Waals surface area contributed by atoms with Crippen LogP contribution in [-0.4, -0.2) is 27.1 Å². The van der Waals surface area contributed by atoms with E-state index < -0.39 is 11.7 Å². The van der Waals surface area contributed by atoms with Crippen molar-refractivity contribution in [3.05, 3.63) is 46.8 Å². The molecule has 0 saturated carbocycles. The quantitative estimate of drug-likeness (QED) is 0.534. The highest BCUT2D eigenvalue weighted by atomic mass is 19.4. The summed E-state index contributed by atoms with van der Waals surface area (Å²) in [6, 6.07) is 3.92. The summed E-state index contributed by atoms with van der Waals surface area (Å²) in [5, 5.41) is 10.2. The molecule has 5 nitrogen and oxygen atoms in total. The largest absolute Gasteiger partial charge is 0.416 e. The SMILES string of the molecule is CCC[C@@H](CC(C)C)N1Cc2cnc(Nc3cc(C=N)cc(C(F)(F)F)c3)nc2C1. The first-order valence-corrected chi connectivity index (χ1v) is 10.3. The lowest BCUT2D eigenvalue weighted by molar-refractivity contribution is -0.137. The van der Waals surface area contributed by atoms with Crippen LogP contribution >= 0.6 is 0 Å². The lowest BCUT2D eigenvalue weighted by atomic mass is 9.99. The Balaban J connectivity index is 1.79. The Morgan fingerprint density at radius 3 is 2.63 bits per heavy atom. The van der Waals surface area contributed by atoms with Gasteiger partial charge in [0, 0.05) is 42.8 Å². The highest BCUT2D eigenvalue weighted by Gasteiger charge is 2.31. The third kappa shape index (κ3) is 5.36. The number of hydrogen-bond acceptors (Lipinski definition) is 5. The van der Waals surface area contributed by atoms with E-state index >= 15 is 0 Å². The maximum Gasteiger partial charge on any atom is 0.416 e. The zero-order valence-corrected chi connectivity index (χ0v) is 17.6. The van der Waals surface area contributed by atoms with Gasteiger partial charge in [0.1, 0.15) is 0 Å². The number of fused-ring (bicyclic) bond motifs is 1. The first-order valence-electron chi connectivity index (χ1n) is 10.3. The van der Waals surface area contributed by atoms with Crippen molar-refractivity contribution in [2.45, 2.75) is 65.3 Å². The normalized spacial score (nSPS) is 15.3. The van der Waals surface area contributed by atoms with Crippen LogP contribution in [0, 0.1) is 11.3 Å². The molecule has 2 aromatic rings. The highest BCUT2D eigenvalue weighted by Crippen LogP contribution is 2.33. The van der Waals surface area contributed by atoms with Gasteiger partial charge in [-0.25, -0.2) is 9.97 Å². The maximum atomic E-state index is 13.1. The number of rotatable bonds is 8. The minimum Gasteiger partial charge on any atom is -0.324 e. The lowest BCUT2D eigenvalue weighted by Crippen LogP contribution is -2.31. The van der Waals surface area contributed by atoms with Crippen molar-refractivity contribution in [3.63, 3.8) is 0 Å². The number of nitrogens with one attached hydrogen (secondary N) is 2. The Morgan fingerprint density at radius 2 is 2.00 bits per heavy atom. The van der Waals surface area contributed by atoms with Crippen molar-refractivity contribution in [1.29, 1.82) is 5.41 Å². The van der Waals surface area contributed by atoms with Crippen molar-refractivity contribution >= 4 is 17.9 Å². The molecule has 162 valence electrons. The summed E-state index contributed by atoms with van der Waals surface area (Å²) in [5.74, 6) is 0.874. The molecule has 30 heavy (non-hydrogen) atoms. The van der Waals surface area contributed by atoms with Crippen molar-refractivity contribution in [2.75, 3.05) is 5.32 Å². The fourth-order valence-corrected chi connectivity index (χ4v) is 3.92. The molecule has 0 amide bonds. The first kappa shape index (κ1) is 22.2. The van der Waals surface area contributed by atoms with Gasteiger partial charge < -0.3 is 10.7 Å². The number of aromatic nitrogens is 2. The van der Waals surface area contributed by atoms with Crippen LogP contribution in [0.3, 0.4) is 0 Å². The molecule has 0 fully saturated rings. The number of alkyl halides is 3. The summed E-state index contributed by atoms with van der Waals surface area (Å²) in [6.45, 7) is 8.17. The van der Waals surface area contributed by atoms with Crippen LogP contribution < -0.4 is 5.32 Å². The predicted molar refractivity (Wildman–Crippen MR) is 112 cm³/mol. The van der Waals surface area contributed by atoms with Crippen LogP contribution in [-0.2, 0) is 19.3 Å². The smallest absolute Gasteiger partial charge is 0.324 e. The van der Waals surface area contributed by atoms with Crippen LogP contribution in [0.1, 0.15) is 62.4 Å². The standard InChI is InChI=1S/C22H28F3N5/c1-4-5-19(6-14(2)3)30-12-16-11-27-21(29-20(16)13-30)28-18-8-15(10-26)7-17(9-18)22(23,24)25/h7-11,14,19,26H,4-6,12-13H2,1-3H3,(H,27,28,29)/t19-/m0/s1. The van der Waals surface area contributed by atoms with E-state index in [9.17, 15) is 13.2 Å². The summed E-state index contributed by atoms with van der Waals surface area (Å²) in [5.41, 5.74) is 1.54. The first-order chi connectivity index (χ1) is 14.2.